The van der Waals surface area contributed by atoms with E-state index in [0.29, 0.717) is 18.3 Å². The molecular formula is C18H33N3O2. The predicted octanol–water partition coefficient (Wildman–Crippen LogP) is 2.22. The van der Waals surface area contributed by atoms with Gasteiger partial charge in [-0.3, -0.25) is 14.9 Å². The first-order valence-corrected chi connectivity index (χ1v) is 9.16. The maximum absolute atomic E-state index is 12.7. The van der Waals surface area contributed by atoms with Crippen molar-refractivity contribution in [3.8, 4) is 0 Å². The molecule has 1 N–H and O–H groups in total. The number of likely N-dealkylation sites (tertiary alicyclic amines) is 1. The predicted molar refractivity (Wildman–Crippen MR) is 91.8 cm³/mol. The van der Waals surface area contributed by atoms with Gasteiger partial charge < -0.3 is 9.80 Å². The van der Waals surface area contributed by atoms with E-state index in [9.17, 15) is 9.59 Å². The zero-order valence-electron chi connectivity index (χ0n) is 15.4. The third-order valence-corrected chi connectivity index (χ3v) is 5.07. The molecule has 0 radical (unpaired) electrons. The van der Waals surface area contributed by atoms with Crippen LogP contribution in [0.15, 0.2) is 0 Å². The van der Waals surface area contributed by atoms with E-state index in [1.165, 1.54) is 0 Å². The zero-order valence-corrected chi connectivity index (χ0v) is 15.4. The van der Waals surface area contributed by atoms with E-state index >= 15 is 0 Å². The summed E-state index contributed by atoms with van der Waals surface area (Å²) in [6.45, 7) is 12.8. The molecule has 5 nitrogen and oxygen atoms in total. The first kappa shape index (κ1) is 18.2. The summed E-state index contributed by atoms with van der Waals surface area (Å²) < 4.78 is 0. The Morgan fingerprint density at radius 3 is 2.30 bits per heavy atom. The van der Waals surface area contributed by atoms with Crippen LogP contribution in [-0.4, -0.2) is 53.0 Å². The molecule has 2 rings (SSSR count). The van der Waals surface area contributed by atoms with Gasteiger partial charge in [0.25, 0.3) is 0 Å². The van der Waals surface area contributed by atoms with Crippen molar-refractivity contribution < 1.29 is 9.59 Å². The molecule has 2 aliphatic rings. The van der Waals surface area contributed by atoms with E-state index < -0.39 is 0 Å². The molecule has 5 heteroatoms. The summed E-state index contributed by atoms with van der Waals surface area (Å²) in [5.41, 5.74) is -0.236. The number of piperidine rings is 1. The Balaban J connectivity index is 2.03. The lowest BCUT2D eigenvalue weighted by molar-refractivity contribution is -0.137. The molecule has 2 heterocycles. The smallest absolute Gasteiger partial charge is 0.241 e. The van der Waals surface area contributed by atoms with Crippen LogP contribution in [0.4, 0.5) is 0 Å². The van der Waals surface area contributed by atoms with Gasteiger partial charge in [0.1, 0.15) is 0 Å². The number of hydrogen-bond acceptors (Lipinski definition) is 3. The maximum Gasteiger partial charge on any atom is 0.241 e. The molecule has 0 aromatic rings. The van der Waals surface area contributed by atoms with Crippen LogP contribution in [0.3, 0.4) is 0 Å². The number of amides is 2. The summed E-state index contributed by atoms with van der Waals surface area (Å²) in [6.07, 6.45) is 3.18. The Labute approximate surface area is 140 Å². The standard InChI is InChI=1S/C18H33N3O2/c1-6-21-17(23)15(11-13(2)3)19-18(21)7-9-20(10-8-18)16(22)12-14(4)5/h13-15,19H,6-12H2,1-5H3. The minimum absolute atomic E-state index is 0.0622. The van der Waals surface area contributed by atoms with E-state index in [1.807, 2.05) is 9.80 Å². The lowest BCUT2D eigenvalue weighted by atomic mass is 9.95. The first-order chi connectivity index (χ1) is 10.8. The van der Waals surface area contributed by atoms with Crippen molar-refractivity contribution >= 4 is 11.8 Å². The van der Waals surface area contributed by atoms with Gasteiger partial charge in [-0.05, 0) is 25.2 Å². The fraction of sp³-hybridized carbons (Fsp3) is 0.889. The van der Waals surface area contributed by atoms with Crippen LogP contribution in [0.25, 0.3) is 0 Å². The molecule has 0 bridgehead atoms. The van der Waals surface area contributed by atoms with E-state index in [4.69, 9.17) is 0 Å². The fourth-order valence-electron chi connectivity index (χ4n) is 3.97. The minimum Gasteiger partial charge on any atom is -0.342 e. The average Bonchev–Trinajstić information content (AvgIpc) is 2.70. The van der Waals surface area contributed by atoms with Crippen molar-refractivity contribution in [3.63, 3.8) is 0 Å². The molecule has 2 aliphatic heterocycles. The van der Waals surface area contributed by atoms with Gasteiger partial charge in [-0.25, -0.2) is 0 Å². The molecule has 1 spiro atoms. The van der Waals surface area contributed by atoms with Crippen LogP contribution in [0, 0.1) is 11.8 Å². The number of carbonyl (C=O) groups is 2. The van der Waals surface area contributed by atoms with Crippen LogP contribution in [0.1, 0.15) is 60.3 Å². The van der Waals surface area contributed by atoms with Crippen LogP contribution in [0.2, 0.25) is 0 Å². The van der Waals surface area contributed by atoms with Crippen molar-refractivity contribution in [2.45, 2.75) is 72.0 Å². The lowest BCUT2D eigenvalue weighted by Crippen LogP contribution is -2.59. The molecule has 0 aromatic carbocycles. The van der Waals surface area contributed by atoms with Gasteiger partial charge in [-0.1, -0.05) is 27.7 Å². The Morgan fingerprint density at radius 1 is 1.22 bits per heavy atom. The Hall–Kier alpha value is -1.10. The summed E-state index contributed by atoms with van der Waals surface area (Å²) in [5.74, 6) is 1.38. The number of nitrogens with zero attached hydrogens (tertiary/aromatic N) is 2. The van der Waals surface area contributed by atoms with E-state index in [2.05, 4.69) is 39.9 Å². The Morgan fingerprint density at radius 2 is 1.83 bits per heavy atom. The molecule has 0 aliphatic carbocycles. The van der Waals surface area contributed by atoms with Crippen LogP contribution in [0.5, 0.6) is 0 Å². The topological polar surface area (TPSA) is 52.7 Å². The molecule has 1 atom stereocenters. The van der Waals surface area contributed by atoms with E-state index in [0.717, 1.165) is 38.9 Å². The molecule has 1 unspecified atom stereocenters. The summed E-state index contributed by atoms with van der Waals surface area (Å²) in [6, 6.07) is -0.0622. The van der Waals surface area contributed by atoms with Crippen LogP contribution < -0.4 is 5.32 Å². The third-order valence-electron chi connectivity index (χ3n) is 5.07. The Bertz CT molecular complexity index is 440. The first-order valence-electron chi connectivity index (χ1n) is 9.16. The van der Waals surface area contributed by atoms with Gasteiger partial charge in [0.05, 0.1) is 11.7 Å². The molecular weight excluding hydrogens is 290 g/mol. The maximum atomic E-state index is 12.7. The van der Waals surface area contributed by atoms with Gasteiger partial charge in [-0.2, -0.15) is 0 Å². The minimum atomic E-state index is -0.236. The fourth-order valence-corrected chi connectivity index (χ4v) is 3.97. The summed E-state index contributed by atoms with van der Waals surface area (Å²) in [4.78, 5) is 28.9. The van der Waals surface area contributed by atoms with Crippen molar-refractivity contribution in [1.29, 1.82) is 0 Å². The number of rotatable bonds is 5. The van der Waals surface area contributed by atoms with Crippen molar-refractivity contribution in [2.75, 3.05) is 19.6 Å². The van der Waals surface area contributed by atoms with Crippen molar-refractivity contribution in [1.82, 2.24) is 15.1 Å². The van der Waals surface area contributed by atoms with Gasteiger partial charge in [0.2, 0.25) is 11.8 Å². The highest BCUT2D eigenvalue weighted by molar-refractivity contribution is 5.85. The summed E-state index contributed by atoms with van der Waals surface area (Å²) in [5, 5.41) is 3.63. The number of carbonyl (C=O) groups excluding carboxylic acids is 2. The molecule has 2 amide bonds. The molecule has 0 saturated carbocycles. The monoisotopic (exact) mass is 323 g/mol. The SMILES string of the molecule is CCN1C(=O)C(CC(C)C)NC12CCN(C(=O)CC(C)C)CC2. The average molecular weight is 323 g/mol. The highest BCUT2D eigenvalue weighted by Gasteiger charge is 2.50. The molecule has 132 valence electrons. The van der Waals surface area contributed by atoms with Gasteiger partial charge in [-0.15, -0.1) is 0 Å². The Kier molecular flexibility index (Phi) is 5.71. The second kappa shape index (κ2) is 7.20. The highest BCUT2D eigenvalue weighted by atomic mass is 16.2. The van der Waals surface area contributed by atoms with E-state index in [1.54, 1.807) is 0 Å². The second-order valence-electron chi connectivity index (χ2n) is 7.92. The second-order valence-corrected chi connectivity index (χ2v) is 7.92. The van der Waals surface area contributed by atoms with Crippen molar-refractivity contribution in [3.05, 3.63) is 0 Å². The van der Waals surface area contributed by atoms with Gasteiger partial charge >= 0.3 is 0 Å². The van der Waals surface area contributed by atoms with Crippen molar-refractivity contribution in [2.24, 2.45) is 11.8 Å². The van der Waals surface area contributed by atoms with Gasteiger partial charge in [0.15, 0.2) is 0 Å². The third kappa shape index (κ3) is 3.87. The summed E-state index contributed by atoms with van der Waals surface area (Å²) >= 11 is 0. The number of likely N-dealkylation sites (N-methyl/N-ethyl adjacent to an activating group) is 1. The molecule has 2 fully saturated rings. The summed E-state index contributed by atoms with van der Waals surface area (Å²) in [7, 11) is 0. The quantitative estimate of drug-likeness (QED) is 0.844. The highest BCUT2D eigenvalue weighted by Crippen LogP contribution is 2.34. The van der Waals surface area contributed by atoms with Crippen LogP contribution in [-0.2, 0) is 9.59 Å². The largest absolute Gasteiger partial charge is 0.342 e. The molecule has 0 aromatic heterocycles. The molecule has 2 saturated heterocycles. The van der Waals surface area contributed by atoms with Crippen LogP contribution >= 0.6 is 0 Å². The number of nitrogens with one attached hydrogen (secondary N) is 1. The number of hydrogen-bond donors (Lipinski definition) is 1. The normalized spacial score (nSPS) is 24.3. The zero-order chi connectivity index (χ0) is 17.2. The molecule has 23 heavy (non-hydrogen) atoms. The lowest BCUT2D eigenvalue weighted by Gasteiger charge is -2.44. The van der Waals surface area contributed by atoms with Gasteiger partial charge in [0, 0.05) is 38.9 Å². The van der Waals surface area contributed by atoms with E-state index in [-0.39, 0.29) is 23.5 Å².